The number of hydrogen-bond donors (Lipinski definition) is 1. The standard InChI is InChI=1S/C14H11FN4O/c1-19-13-9(6-17-7-18-13)4-10(14(19)20)8-2-3-11(15)12(16)5-8/h2-7H,16H2,1H3. The second kappa shape index (κ2) is 4.41. The lowest BCUT2D eigenvalue weighted by Gasteiger charge is -2.08. The van der Waals surface area contributed by atoms with Crippen LogP contribution in [0.1, 0.15) is 0 Å². The van der Waals surface area contributed by atoms with Crippen molar-refractivity contribution in [3.05, 3.63) is 53.0 Å². The molecule has 5 nitrogen and oxygen atoms in total. The van der Waals surface area contributed by atoms with E-state index in [1.54, 1.807) is 19.3 Å². The molecular weight excluding hydrogens is 259 g/mol. The fourth-order valence-corrected chi connectivity index (χ4v) is 2.13. The van der Waals surface area contributed by atoms with Gasteiger partial charge in [-0.1, -0.05) is 6.07 Å². The summed E-state index contributed by atoms with van der Waals surface area (Å²) in [6.45, 7) is 0. The normalized spacial score (nSPS) is 10.9. The molecule has 3 rings (SSSR count). The lowest BCUT2D eigenvalue weighted by molar-refractivity contribution is 0.632. The molecule has 2 heterocycles. The zero-order valence-corrected chi connectivity index (χ0v) is 10.7. The lowest BCUT2D eigenvalue weighted by atomic mass is 10.1. The minimum absolute atomic E-state index is 0.00830. The molecular formula is C14H11FN4O. The van der Waals surface area contributed by atoms with Gasteiger partial charge in [0.25, 0.3) is 5.56 Å². The molecule has 0 spiro atoms. The van der Waals surface area contributed by atoms with Gasteiger partial charge in [0.2, 0.25) is 0 Å². The van der Waals surface area contributed by atoms with Crippen LogP contribution in [0.15, 0.2) is 41.6 Å². The van der Waals surface area contributed by atoms with E-state index in [0.717, 1.165) is 5.39 Å². The van der Waals surface area contributed by atoms with E-state index in [9.17, 15) is 9.18 Å². The van der Waals surface area contributed by atoms with E-state index in [4.69, 9.17) is 5.73 Å². The van der Waals surface area contributed by atoms with Crippen molar-refractivity contribution in [1.29, 1.82) is 0 Å². The monoisotopic (exact) mass is 270 g/mol. The van der Waals surface area contributed by atoms with E-state index in [2.05, 4.69) is 9.97 Å². The van der Waals surface area contributed by atoms with Gasteiger partial charge in [-0.25, -0.2) is 14.4 Å². The number of nitrogens with two attached hydrogens (primary N) is 1. The topological polar surface area (TPSA) is 73.8 Å². The summed E-state index contributed by atoms with van der Waals surface area (Å²) in [5.41, 5.74) is 6.88. The number of nitrogens with zero attached hydrogens (tertiary/aromatic N) is 3. The molecule has 0 saturated heterocycles. The summed E-state index contributed by atoms with van der Waals surface area (Å²) in [6, 6.07) is 5.90. The molecule has 0 fully saturated rings. The quantitative estimate of drug-likeness (QED) is 0.683. The first-order chi connectivity index (χ1) is 9.58. The first-order valence-corrected chi connectivity index (χ1v) is 5.93. The molecule has 0 aliphatic carbocycles. The molecule has 2 aromatic heterocycles. The number of aromatic nitrogens is 3. The van der Waals surface area contributed by atoms with Crippen LogP contribution in [0.5, 0.6) is 0 Å². The Hall–Kier alpha value is -2.76. The molecule has 1 aromatic carbocycles. The molecule has 20 heavy (non-hydrogen) atoms. The molecule has 0 aliphatic rings. The number of hydrogen-bond acceptors (Lipinski definition) is 4. The van der Waals surface area contributed by atoms with E-state index in [1.807, 2.05) is 0 Å². The largest absolute Gasteiger partial charge is 0.396 e. The Morgan fingerprint density at radius 3 is 2.85 bits per heavy atom. The molecule has 0 radical (unpaired) electrons. The second-order valence-corrected chi connectivity index (χ2v) is 4.46. The summed E-state index contributed by atoms with van der Waals surface area (Å²) >= 11 is 0. The first-order valence-electron chi connectivity index (χ1n) is 5.93. The fraction of sp³-hybridized carbons (Fsp3) is 0.0714. The van der Waals surface area contributed by atoms with Crippen molar-refractivity contribution in [3.63, 3.8) is 0 Å². The van der Waals surface area contributed by atoms with Crippen LogP contribution in [-0.2, 0) is 7.05 Å². The summed E-state index contributed by atoms with van der Waals surface area (Å²) < 4.78 is 14.7. The van der Waals surface area contributed by atoms with E-state index in [1.165, 1.54) is 29.1 Å². The molecule has 6 heteroatoms. The van der Waals surface area contributed by atoms with Gasteiger partial charge >= 0.3 is 0 Å². The van der Waals surface area contributed by atoms with Gasteiger partial charge in [-0.05, 0) is 23.8 Å². The average Bonchev–Trinajstić information content (AvgIpc) is 2.46. The van der Waals surface area contributed by atoms with Crippen molar-refractivity contribution in [3.8, 4) is 11.1 Å². The number of nitrogen functional groups attached to an aromatic ring is 1. The molecule has 3 aromatic rings. The van der Waals surface area contributed by atoms with E-state index < -0.39 is 5.82 Å². The minimum atomic E-state index is -0.505. The van der Waals surface area contributed by atoms with Crippen LogP contribution in [0.2, 0.25) is 0 Å². The molecule has 2 N–H and O–H groups in total. The third-order valence-electron chi connectivity index (χ3n) is 3.18. The van der Waals surface area contributed by atoms with Crippen LogP contribution >= 0.6 is 0 Å². The summed E-state index contributed by atoms with van der Waals surface area (Å²) in [5, 5.41) is 0.729. The van der Waals surface area contributed by atoms with Crippen molar-refractivity contribution in [2.75, 3.05) is 5.73 Å². The second-order valence-electron chi connectivity index (χ2n) is 4.46. The summed E-state index contributed by atoms with van der Waals surface area (Å²) in [5.74, 6) is -0.505. The number of pyridine rings is 1. The van der Waals surface area contributed by atoms with Crippen LogP contribution in [0.3, 0.4) is 0 Å². The van der Waals surface area contributed by atoms with Crippen molar-refractivity contribution in [2.45, 2.75) is 0 Å². The van der Waals surface area contributed by atoms with E-state index in [-0.39, 0.29) is 11.2 Å². The van der Waals surface area contributed by atoms with Crippen molar-refractivity contribution in [1.82, 2.24) is 14.5 Å². The average molecular weight is 270 g/mol. The Balaban J connectivity index is 2.33. The maximum Gasteiger partial charge on any atom is 0.259 e. The number of anilines is 1. The number of benzene rings is 1. The highest BCUT2D eigenvalue weighted by molar-refractivity contribution is 5.81. The Morgan fingerprint density at radius 1 is 1.30 bits per heavy atom. The number of aryl methyl sites for hydroxylation is 1. The smallest absolute Gasteiger partial charge is 0.259 e. The van der Waals surface area contributed by atoms with E-state index >= 15 is 0 Å². The van der Waals surface area contributed by atoms with Crippen LogP contribution in [0.4, 0.5) is 10.1 Å². The van der Waals surface area contributed by atoms with Gasteiger partial charge in [-0.15, -0.1) is 0 Å². The number of fused-ring (bicyclic) bond motifs is 1. The van der Waals surface area contributed by atoms with Crippen molar-refractivity contribution < 1.29 is 4.39 Å². The third kappa shape index (κ3) is 1.82. The predicted octanol–water partition coefficient (Wildman–Crippen LogP) is 1.72. The van der Waals surface area contributed by atoms with Gasteiger partial charge < -0.3 is 5.73 Å². The van der Waals surface area contributed by atoms with Gasteiger partial charge in [-0.2, -0.15) is 0 Å². The van der Waals surface area contributed by atoms with E-state index in [0.29, 0.717) is 16.8 Å². The molecule has 0 atom stereocenters. The van der Waals surface area contributed by atoms with Crippen molar-refractivity contribution >= 4 is 16.7 Å². The van der Waals surface area contributed by atoms with Crippen LogP contribution in [0.25, 0.3) is 22.2 Å². The SMILES string of the molecule is Cn1c(=O)c(-c2ccc(F)c(N)c2)cc2cncnc21. The highest BCUT2D eigenvalue weighted by Crippen LogP contribution is 2.22. The van der Waals surface area contributed by atoms with Gasteiger partial charge in [0.05, 0.1) is 5.69 Å². The first kappa shape index (κ1) is 12.3. The maximum absolute atomic E-state index is 13.2. The molecule has 0 saturated carbocycles. The van der Waals surface area contributed by atoms with Gasteiger partial charge in [0.15, 0.2) is 0 Å². The third-order valence-corrected chi connectivity index (χ3v) is 3.18. The van der Waals surface area contributed by atoms with Gasteiger partial charge in [-0.3, -0.25) is 9.36 Å². The van der Waals surface area contributed by atoms with Crippen LogP contribution in [0, 0.1) is 5.82 Å². The lowest BCUT2D eigenvalue weighted by Crippen LogP contribution is -2.19. The maximum atomic E-state index is 13.2. The molecule has 100 valence electrons. The zero-order chi connectivity index (χ0) is 14.3. The van der Waals surface area contributed by atoms with Crippen LogP contribution in [-0.4, -0.2) is 14.5 Å². The van der Waals surface area contributed by atoms with Crippen molar-refractivity contribution in [2.24, 2.45) is 7.05 Å². The fourth-order valence-electron chi connectivity index (χ4n) is 2.13. The highest BCUT2D eigenvalue weighted by Gasteiger charge is 2.11. The molecule has 0 aliphatic heterocycles. The Labute approximate surface area is 113 Å². The Bertz CT molecular complexity index is 873. The van der Waals surface area contributed by atoms with Crippen LogP contribution < -0.4 is 11.3 Å². The number of rotatable bonds is 1. The van der Waals surface area contributed by atoms with Gasteiger partial charge in [0.1, 0.15) is 17.8 Å². The van der Waals surface area contributed by atoms with Gasteiger partial charge in [0, 0.05) is 24.2 Å². The summed E-state index contributed by atoms with van der Waals surface area (Å²) in [4.78, 5) is 20.4. The Kier molecular flexibility index (Phi) is 2.71. The summed E-state index contributed by atoms with van der Waals surface area (Å²) in [6.07, 6.45) is 3.01. The zero-order valence-electron chi connectivity index (χ0n) is 10.7. The number of halogens is 1. The molecule has 0 amide bonds. The predicted molar refractivity (Wildman–Crippen MR) is 74.6 cm³/mol. The molecule has 0 unspecified atom stereocenters. The highest BCUT2D eigenvalue weighted by atomic mass is 19.1. The Morgan fingerprint density at radius 2 is 2.10 bits per heavy atom. The molecule has 0 bridgehead atoms. The summed E-state index contributed by atoms with van der Waals surface area (Å²) in [7, 11) is 1.63. The minimum Gasteiger partial charge on any atom is -0.396 e.